The monoisotopic (exact) mass is 418 g/mol. The normalized spacial score (nSPS) is 10.7. The van der Waals surface area contributed by atoms with Gasteiger partial charge in [-0.2, -0.15) is 5.26 Å². The predicted octanol–water partition coefficient (Wildman–Crippen LogP) is 5.79. The SMILES string of the molecule is N#CC(=Cc1cccc(Br)c1)C(=O)Nc1ccccc1Oc1ccccc1. The van der Waals surface area contributed by atoms with Crippen molar-refractivity contribution in [3.05, 3.63) is 94.5 Å². The largest absolute Gasteiger partial charge is 0.455 e. The molecule has 0 atom stereocenters. The van der Waals surface area contributed by atoms with Crippen LogP contribution in [-0.4, -0.2) is 5.91 Å². The predicted molar refractivity (Wildman–Crippen MR) is 109 cm³/mol. The van der Waals surface area contributed by atoms with Crippen LogP contribution in [0.25, 0.3) is 6.08 Å². The number of nitrogens with zero attached hydrogens (tertiary/aromatic N) is 1. The number of ether oxygens (including phenoxy) is 1. The highest BCUT2D eigenvalue weighted by Crippen LogP contribution is 2.29. The van der Waals surface area contributed by atoms with E-state index in [2.05, 4.69) is 21.2 Å². The van der Waals surface area contributed by atoms with Gasteiger partial charge in [0.15, 0.2) is 5.75 Å². The van der Waals surface area contributed by atoms with Crippen molar-refractivity contribution in [2.45, 2.75) is 0 Å². The second-order valence-corrected chi connectivity index (χ2v) is 6.51. The van der Waals surface area contributed by atoms with Crippen molar-refractivity contribution >= 4 is 33.6 Å². The molecule has 0 fully saturated rings. The first-order valence-corrected chi connectivity index (χ1v) is 8.95. The molecule has 3 aromatic rings. The first kappa shape index (κ1) is 18.4. The molecule has 132 valence electrons. The Hall–Kier alpha value is -3.36. The van der Waals surface area contributed by atoms with Gasteiger partial charge in [-0.05, 0) is 48.0 Å². The third kappa shape index (κ3) is 5.06. The molecule has 0 radical (unpaired) electrons. The van der Waals surface area contributed by atoms with Crippen molar-refractivity contribution in [3.8, 4) is 17.6 Å². The maximum absolute atomic E-state index is 12.6. The third-order valence-corrected chi connectivity index (χ3v) is 4.12. The van der Waals surface area contributed by atoms with E-state index in [4.69, 9.17) is 4.74 Å². The standard InChI is InChI=1S/C22H15BrN2O2/c23-18-8-6-7-16(14-18)13-17(15-24)22(26)25-20-11-4-5-12-21(20)27-19-9-2-1-3-10-19/h1-14H,(H,25,26). The quantitative estimate of drug-likeness (QED) is 0.421. The molecule has 3 rings (SSSR count). The minimum Gasteiger partial charge on any atom is -0.455 e. The third-order valence-electron chi connectivity index (χ3n) is 3.63. The van der Waals surface area contributed by atoms with Crippen LogP contribution in [0, 0.1) is 11.3 Å². The Kier molecular flexibility index (Phi) is 6.03. The average molecular weight is 419 g/mol. The minimum atomic E-state index is -0.499. The zero-order valence-electron chi connectivity index (χ0n) is 14.2. The van der Waals surface area contributed by atoms with Gasteiger partial charge >= 0.3 is 0 Å². The summed E-state index contributed by atoms with van der Waals surface area (Å²) in [4.78, 5) is 12.6. The second kappa shape index (κ2) is 8.84. The molecule has 0 aliphatic carbocycles. The van der Waals surface area contributed by atoms with E-state index in [1.54, 1.807) is 24.3 Å². The fourth-order valence-corrected chi connectivity index (χ4v) is 2.79. The highest BCUT2D eigenvalue weighted by molar-refractivity contribution is 9.10. The molecule has 0 aromatic heterocycles. The molecule has 27 heavy (non-hydrogen) atoms. The van der Waals surface area contributed by atoms with E-state index in [-0.39, 0.29) is 5.57 Å². The minimum absolute atomic E-state index is 0.00242. The molecule has 0 aliphatic rings. The lowest BCUT2D eigenvalue weighted by Gasteiger charge is -2.12. The van der Waals surface area contributed by atoms with Crippen LogP contribution in [0.3, 0.4) is 0 Å². The Morgan fingerprint density at radius 1 is 1.00 bits per heavy atom. The van der Waals surface area contributed by atoms with E-state index in [1.165, 1.54) is 0 Å². The fourth-order valence-electron chi connectivity index (χ4n) is 2.38. The summed E-state index contributed by atoms with van der Waals surface area (Å²) in [6.45, 7) is 0. The van der Waals surface area contributed by atoms with Gasteiger partial charge in [0, 0.05) is 4.47 Å². The fraction of sp³-hybridized carbons (Fsp3) is 0. The van der Waals surface area contributed by atoms with Crippen LogP contribution in [0.1, 0.15) is 5.56 Å². The van der Waals surface area contributed by atoms with E-state index < -0.39 is 5.91 Å². The molecule has 0 unspecified atom stereocenters. The van der Waals surface area contributed by atoms with Crippen LogP contribution >= 0.6 is 15.9 Å². The highest BCUT2D eigenvalue weighted by atomic mass is 79.9. The maximum Gasteiger partial charge on any atom is 0.266 e. The smallest absolute Gasteiger partial charge is 0.266 e. The zero-order chi connectivity index (χ0) is 19.1. The molecular formula is C22H15BrN2O2. The molecule has 1 amide bonds. The van der Waals surface area contributed by atoms with E-state index in [9.17, 15) is 10.1 Å². The Bertz CT molecular complexity index is 1020. The lowest BCUT2D eigenvalue weighted by molar-refractivity contribution is -0.112. The summed E-state index contributed by atoms with van der Waals surface area (Å²) in [6, 6.07) is 25.7. The van der Waals surface area contributed by atoms with Crippen molar-refractivity contribution in [1.29, 1.82) is 5.26 Å². The summed E-state index contributed by atoms with van der Waals surface area (Å²) in [7, 11) is 0. The van der Waals surface area contributed by atoms with Gasteiger partial charge in [0.05, 0.1) is 5.69 Å². The molecule has 0 aliphatic heterocycles. The van der Waals surface area contributed by atoms with Crippen molar-refractivity contribution in [2.75, 3.05) is 5.32 Å². The molecule has 4 nitrogen and oxygen atoms in total. The summed E-state index contributed by atoms with van der Waals surface area (Å²) < 4.78 is 6.71. The number of benzene rings is 3. The maximum atomic E-state index is 12.6. The Labute approximate surface area is 165 Å². The van der Waals surface area contributed by atoms with Crippen molar-refractivity contribution in [2.24, 2.45) is 0 Å². The Balaban J connectivity index is 1.82. The lowest BCUT2D eigenvalue weighted by atomic mass is 10.1. The van der Waals surface area contributed by atoms with Crippen molar-refractivity contribution in [1.82, 2.24) is 0 Å². The molecule has 0 saturated heterocycles. The van der Waals surface area contributed by atoms with Crippen molar-refractivity contribution in [3.63, 3.8) is 0 Å². The Morgan fingerprint density at radius 3 is 2.48 bits per heavy atom. The first-order chi connectivity index (χ1) is 13.2. The summed E-state index contributed by atoms with van der Waals surface area (Å²) >= 11 is 3.38. The number of rotatable bonds is 5. The van der Waals surface area contributed by atoms with Crippen molar-refractivity contribution < 1.29 is 9.53 Å². The molecule has 5 heteroatoms. The van der Waals surface area contributed by atoms with Gasteiger partial charge in [0.25, 0.3) is 5.91 Å². The summed E-state index contributed by atoms with van der Waals surface area (Å²) in [5.41, 5.74) is 1.24. The number of carbonyl (C=O) groups is 1. The molecule has 3 aromatic carbocycles. The van der Waals surface area contributed by atoms with Crippen LogP contribution in [-0.2, 0) is 4.79 Å². The number of halogens is 1. The average Bonchev–Trinajstić information content (AvgIpc) is 2.68. The molecular weight excluding hydrogens is 404 g/mol. The molecule has 0 heterocycles. The van der Waals surface area contributed by atoms with Crippen LogP contribution in [0.5, 0.6) is 11.5 Å². The number of anilines is 1. The zero-order valence-corrected chi connectivity index (χ0v) is 15.8. The van der Waals surface area contributed by atoms with E-state index in [0.717, 1.165) is 10.0 Å². The van der Waals surface area contributed by atoms with E-state index >= 15 is 0 Å². The van der Waals surface area contributed by atoms with Gasteiger partial charge in [-0.3, -0.25) is 4.79 Å². The summed E-state index contributed by atoms with van der Waals surface area (Å²) in [5, 5.41) is 12.1. The molecule has 0 spiro atoms. The topological polar surface area (TPSA) is 62.1 Å². The lowest BCUT2D eigenvalue weighted by Crippen LogP contribution is -2.14. The number of carbonyl (C=O) groups excluding carboxylic acids is 1. The van der Waals surface area contributed by atoms with Crippen LogP contribution in [0.15, 0.2) is 88.9 Å². The molecule has 1 N–H and O–H groups in total. The van der Waals surface area contributed by atoms with E-state index in [1.807, 2.05) is 66.7 Å². The van der Waals surface area contributed by atoms with Crippen LogP contribution in [0.2, 0.25) is 0 Å². The van der Waals surface area contributed by atoms with Gasteiger partial charge in [-0.25, -0.2) is 0 Å². The van der Waals surface area contributed by atoms with Crippen LogP contribution in [0.4, 0.5) is 5.69 Å². The number of hydrogen-bond donors (Lipinski definition) is 1. The van der Waals surface area contributed by atoms with Gasteiger partial charge < -0.3 is 10.1 Å². The first-order valence-electron chi connectivity index (χ1n) is 8.16. The van der Waals surface area contributed by atoms with E-state index in [0.29, 0.717) is 17.2 Å². The highest BCUT2D eigenvalue weighted by Gasteiger charge is 2.13. The summed E-state index contributed by atoms with van der Waals surface area (Å²) in [6.07, 6.45) is 1.54. The van der Waals surface area contributed by atoms with Crippen LogP contribution < -0.4 is 10.1 Å². The number of para-hydroxylation sites is 3. The molecule has 0 saturated carbocycles. The van der Waals surface area contributed by atoms with Gasteiger partial charge in [0.2, 0.25) is 0 Å². The van der Waals surface area contributed by atoms with Gasteiger partial charge in [-0.1, -0.05) is 58.4 Å². The number of amides is 1. The summed E-state index contributed by atoms with van der Waals surface area (Å²) in [5.74, 6) is 0.655. The number of hydrogen-bond acceptors (Lipinski definition) is 3. The molecule has 0 bridgehead atoms. The second-order valence-electron chi connectivity index (χ2n) is 5.59. The Morgan fingerprint density at radius 2 is 1.74 bits per heavy atom. The van der Waals surface area contributed by atoms with Gasteiger partial charge in [-0.15, -0.1) is 0 Å². The number of nitriles is 1. The number of nitrogens with one attached hydrogen (secondary N) is 1. The van der Waals surface area contributed by atoms with Gasteiger partial charge in [0.1, 0.15) is 17.4 Å².